The molecule has 0 atom stereocenters. The third kappa shape index (κ3) is 3.49. The fraction of sp³-hybridized carbons (Fsp3) is 0.0769. The highest BCUT2D eigenvalue weighted by Gasteiger charge is 2.34. The lowest BCUT2D eigenvalue weighted by Gasteiger charge is -2.09. The lowest BCUT2D eigenvalue weighted by atomic mass is 10.0. The number of carbonyl (C=O) groups is 1. The van der Waals surface area contributed by atoms with E-state index in [9.17, 15) is 22.4 Å². The molecule has 0 bridgehead atoms. The van der Waals surface area contributed by atoms with E-state index < -0.39 is 23.3 Å². The van der Waals surface area contributed by atoms with E-state index >= 15 is 0 Å². The van der Waals surface area contributed by atoms with Crippen LogP contribution in [0.2, 0.25) is 0 Å². The highest BCUT2D eigenvalue weighted by Crippen LogP contribution is 2.32. The average molecular weight is 427 g/mol. The number of ketones is 1. The van der Waals surface area contributed by atoms with Crippen LogP contribution in [0.25, 0.3) is 0 Å². The molecule has 0 unspecified atom stereocenters. The first-order valence-electron chi connectivity index (χ1n) is 5.42. The van der Waals surface area contributed by atoms with Crippen molar-refractivity contribution in [2.75, 3.05) is 0 Å². The maximum Gasteiger partial charge on any atom is 0.419 e. The van der Waals surface area contributed by atoms with E-state index in [0.29, 0.717) is 21.1 Å². The van der Waals surface area contributed by atoms with Gasteiger partial charge >= 0.3 is 6.18 Å². The summed E-state index contributed by atoms with van der Waals surface area (Å²) in [5, 5.41) is 0. The van der Waals surface area contributed by atoms with Gasteiger partial charge in [0.1, 0.15) is 11.5 Å². The maximum atomic E-state index is 13.5. The van der Waals surface area contributed by atoms with Crippen LogP contribution in [0.3, 0.4) is 0 Å². The van der Waals surface area contributed by atoms with Gasteiger partial charge in [0.25, 0.3) is 0 Å². The zero-order valence-corrected chi connectivity index (χ0v) is 13.2. The third-order valence-corrected chi connectivity index (χ3v) is 3.60. The molecule has 0 saturated heterocycles. The molecule has 0 radical (unpaired) electrons. The van der Waals surface area contributed by atoms with Crippen molar-refractivity contribution in [3.63, 3.8) is 0 Å². The lowest BCUT2D eigenvalue weighted by Crippen LogP contribution is -2.11. The van der Waals surface area contributed by atoms with Crippen LogP contribution in [0.15, 0.2) is 39.4 Å². The van der Waals surface area contributed by atoms with Crippen LogP contribution in [0.1, 0.15) is 21.6 Å². The fourth-order valence-electron chi connectivity index (χ4n) is 1.60. The molecule has 2 nitrogen and oxygen atoms in total. The topological polar surface area (TPSA) is 30.0 Å². The Bertz CT molecular complexity index is 716. The minimum absolute atomic E-state index is 0.0163. The summed E-state index contributed by atoms with van der Waals surface area (Å²) in [4.78, 5) is 16.0. The third-order valence-electron chi connectivity index (χ3n) is 2.56. The van der Waals surface area contributed by atoms with Gasteiger partial charge in [-0.05, 0) is 50.1 Å². The van der Waals surface area contributed by atoms with Gasteiger partial charge in [0.15, 0.2) is 0 Å². The first kappa shape index (κ1) is 16.1. The van der Waals surface area contributed by atoms with Gasteiger partial charge < -0.3 is 0 Å². The van der Waals surface area contributed by atoms with Gasteiger partial charge in [0.2, 0.25) is 5.78 Å². The molecule has 2 rings (SSSR count). The molecule has 0 amide bonds. The van der Waals surface area contributed by atoms with Crippen LogP contribution in [0.4, 0.5) is 17.6 Å². The zero-order valence-electron chi connectivity index (χ0n) is 10.0. The van der Waals surface area contributed by atoms with Crippen LogP contribution < -0.4 is 0 Å². The minimum Gasteiger partial charge on any atom is -0.287 e. The van der Waals surface area contributed by atoms with Crippen molar-refractivity contribution < 1.29 is 22.4 Å². The van der Waals surface area contributed by atoms with Crippen molar-refractivity contribution >= 4 is 37.6 Å². The van der Waals surface area contributed by atoms with Crippen molar-refractivity contribution in [3.8, 4) is 0 Å². The molecule has 0 aliphatic rings. The Morgan fingerprint density at radius 1 is 1.14 bits per heavy atom. The van der Waals surface area contributed by atoms with E-state index in [2.05, 4.69) is 36.8 Å². The van der Waals surface area contributed by atoms with Crippen molar-refractivity contribution in [1.29, 1.82) is 0 Å². The number of rotatable bonds is 2. The second kappa shape index (κ2) is 5.84. The quantitative estimate of drug-likeness (QED) is 0.500. The molecule has 2 aromatic rings. The lowest BCUT2D eigenvalue weighted by molar-refractivity contribution is -0.140. The molecular formula is C13H5Br2F4NO. The number of carbonyl (C=O) groups excluding carboxylic acids is 1. The Balaban J connectivity index is 2.43. The van der Waals surface area contributed by atoms with E-state index in [4.69, 9.17) is 0 Å². The van der Waals surface area contributed by atoms with Gasteiger partial charge in [-0.3, -0.25) is 9.78 Å². The number of hydrogen-bond donors (Lipinski definition) is 0. The molecule has 1 aromatic heterocycles. The van der Waals surface area contributed by atoms with E-state index in [1.807, 2.05) is 0 Å². The Labute approximate surface area is 133 Å². The predicted molar refractivity (Wildman–Crippen MR) is 74.5 cm³/mol. The number of benzene rings is 1. The summed E-state index contributed by atoms with van der Waals surface area (Å²) >= 11 is 6.28. The van der Waals surface area contributed by atoms with E-state index in [0.717, 1.165) is 6.07 Å². The van der Waals surface area contributed by atoms with Crippen LogP contribution in [0, 0.1) is 5.82 Å². The largest absolute Gasteiger partial charge is 0.419 e. The summed E-state index contributed by atoms with van der Waals surface area (Å²) in [6.45, 7) is 0. The SMILES string of the molecule is O=C(c1ccc(C(F)(F)F)c(F)c1)c1ncc(Br)cc1Br. The van der Waals surface area contributed by atoms with Crippen LogP contribution in [0.5, 0.6) is 0 Å². The van der Waals surface area contributed by atoms with Gasteiger partial charge in [-0.1, -0.05) is 6.07 Å². The zero-order chi connectivity index (χ0) is 15.8. The molecule has 1 heterocycles. The fourth-order valence-corrected chi connectivity index (χ4v) is 2.77. The molecule has 0 N–H and O–H groups in total. The Hall–Kier alpha value is -1.28. The molecule has 0 aliphatic carbocycles. The molecule has 0 aliphatic heterocycles. The normalized spacial score (nSPS) is 11.5. The molecule has 8 heteroatoms. The molecule has 21 heavy (non-hydrogen) atoms. The van der Waals surface area contributed by atoms with Crippen molar-refractivity contribution in [2.24, 2.45) is 0 Å². The molecule has 110 valence electrons. The summed E-state index contributed by atoms with van der Waals surface area (Å²) in [5.74, 6) is -2.18. The molecule has 1 aromatic carbocycles. The molecule has 0 fully saturated rings. The molecule has 0 spiro atoms. The number of halogens is 6. The van der Waals surface area contributed by atoms with E-state index in [-0.39, 0.29) is 11.3 Å². The second-order valence-electron chi connectivity index (χ2n) is 4.01. The molecular weight excluding hydrogens is 422 g/mol. The smallest absolute Gasteiger partial charge is 0.287 e. The summed E-state index contributed by atoms with van der Waals surface area (Å²) in [5.41, 5.74) is -1.64. The number of nitrogens with zero attached hydrogens (tertiary/aromatic N) is 1. The van der Waals surface area contributed by atoms with Crippen LogP contribution in [-0.2, 0) is 6.18 Å². The van der Waals surface area contributed by atoms with Gasteiger partial charge in [-0.25, -0.2) is 4.39 Å². The van der Waals surface area contributed by atoms with Crippen molar-refractivity contribution in [1.82, 2.24) is 4.98 Å². The highest BCUT2D eigenvalue weighted by molar-refractivity contribution is 9.11. The van der Waals surface area contributed by atoms with E-state index in [1.165, 1.54) is 6.20 Å². The Morgan fingerprint density at radius 3 is 2.33 bits per heavy atom. The molecule has 0 saturated carbocycles. The van der Waals surface area contributed by atoms with Gasteiger partial charge in [0, 0.05) is 20.7 Å². The van der Waals surface area contributed by atoms with Crippen LogP contribution >= 0.6 is 31.9 Å². The number of hydrogen-bond acceptors (Lipinski definition) is 2. The van der Waals surface area contributed by atoms with Crippen LogP contribution in [-0.4, -0.2) is 10.8 Å². The number of alkyl halides is 3. The first-order valence-corrected chi connectivity index (χ1v) is 7.01. The summed E-state index contributed by atoms with van der Waals surface area (Å²) in [7, 11) is 0. The summed E-state index contributed by atoms with van der Waals surface area (Å²) in [6.07, 6.45) is -3.44. The minimum atomic E-state index is -4.80. The van der Waals surface area contributed by atoms with Crippen molar-refractivity contribution in [2.45, 2.75) is 6.18 Å². The van der Waals surface area contributed by atoms with Gasteiger partial charge in [-0.2, -0.15) is 13.2 Å². The Kier molecular flexibility index (Phi) is 4.48. The number of aromatic nitrogens is 1. The van der Waals surface area contributed by atoms with Crippen molar-refractivity contribution in [3.05, 3.63) is 62.0 Å². The average Bonchev–Trinajstić information content (AvgIpc) is 2.36. The Morgan fingerprint density at radius 2 is 1.81 bits per heavy atom. The van der Waals surface area contributed by atoms with E-state index in [1.54, 1.807) is 6.07 Å². The standard InChI is InChI=1S/C13H5Br2F4NO/c14-7-4-9(15)11(20-5-7)12(21)6-1-2-8(10(16)3-6)13(17,18)19/h1-5H. The monoisotopic (exact) mass is 425 g/mol. The summed E-state index contributed by atoms with van der Waals surface area (Å²) < 4.78 is 51.8. The summed E-state index contributed by atoms with van der Waals surface area (Å²) in [6, 6.07) is 3.57. The predicted octanol–water partition coefficient (Wildman–Crippen LogP) is 5.00. The number of pyridine rings is 1. The highest BCUT2D eigenvalue weighted by atomic mass is 79.9. The second-order valence-corrected chi connectivity index (χ2v) is 5.78. The maximum absolute atomic E-state index is 13.5. The first-order chi connectivity index (χ1) is 9.70. The van der Waals surface area contributed by atoms with Gasteiger partial charge in [-0.15, -0.1) is 0 Å². The van der Waals surface area contributed by atoms with Gasteiger partial charge in [0.05, 0.1) is 5.56 Å².